The lowest BCUT2D eigenvalue weighted by Gasteiger charge is -2.37. The van der Waals surface area contributed by atoms with Crippen molar-refractivity contribution in [3.63, 3.8) is 0 Å². The van der Waals surface area contributed by atoms with Crippen molar-refractivity contribution in [3.8, 4) is 5.75 Å². The third-order valence-electron chi connectivity index (χ3n) is 4.53. The number of aliphatic hydroxyl groups is 1. The highest BCUT2D eigenvalue weighted by Crippen LogP contribution is 2.37. The van der Waals surface area contributed by atoms with Crippen LogP contribution in [0.5, 0.6) is 5.75 Å². The van der Waals surface area contributed by atoms with Gasteiger partial charge in [0, 0.05) is 12.1 Å². The number of amides is 1. The zero-order valence-corrected chi connectivity index (χ0v) is 12.0. The van der Waals surface area contributed by atoms with E-state index in [1.807, 2.05) is 30.0 Å². The van der Waals surface area contributed by atoms with Crippen LogP contribution in [0.1, 0.15) is 41.6 Å². The molecule has 1 aromatic rings. The molecule has 2 unspecified atom stereocenters. The van der Waals surface area contributed by atoms with Crippen molar-refractivity contribution in [3.05, 3.63) is 29.3 Å². The number of carbonyl (C=O) groups is 1. The molecule has 108 valence electrons. The number of methoxy groups -OCH3 is 1. The summed E-state index contributed by atoms with van der Waals surface area (Å²) in [6.45, 7) is 1.98. The first-order valence-electron chi connectivity index (χ1n) is 7.25. The van der Waals surface area contributed by atoms with E-state index in [0.29, 0.717) is 24.2 Å². The van der Waals surface area contributed by atoms with Crippen LogP contribution in [0.15, 0.2) is 18.2 Å². The molecule has 1 N–H and O–H groups in total. The number of ether oxygens (including phenoxy) is 1. The van der Waals surface area contributed by atoms with Crippen molar-refractivity contribution in [1.82, 2.24) is 4.90 Å². The SMILES string of the molecule is COc1ccc(C)cc1C(=O)N1C2CCC1CC(O)C2. The van der Waals surface area contributed by atoms with E-state index in [4.69, 9.17) is 4.74 Å². The van der Waals surface area contributed by atoms with Crippen LogP contribution in [0, 0.1) is 6.92 Å². The molecule has 2 aliphatic heterocycles. The lowest BCUT2D eigenvalue weighted by atomic mass is 9.98. The number of piperidine rings is 1. The van der Waals surface area contributed by atoms with E-state index in [1.54, 1.807) is 7.11 Å². The molecule has 4 nitrogen and oxygen atoms in total. The van der Waals surface area contributed by atoms with E-state index in [1.165, 1.54) is 0 Å². The summed E-state index contributed by atoms with van der Waals surface area (Å²) in [7, 11) is 1.59. The lowest BCUT2D eigenvalue weighted by Crippen LogP contribution is -2.48. The second-order valence-electron chi connectivity index (χ2n) is 5.93. The van der Waals surface area contributed by atoms with Gasteiger partial charge in [-0.15, -0.1) is 0 Å². The zero-order valence-electron chi connectivity index (χ0n) is 12.0. The van der Waals surface area contributed by atoms with Gasteiger partial charge in [0.25, 0.3) is 5.91 Å². The number of fused-ring (bicyclic) bond motifs is 2. The number of hydrogen-bond acceptors (Lipinski definition) is 3. The zero-order chi connectivity index (χ0) is 14.3. The Bertz CT molecular complexity index is 514. The van der Waals surface area contributed by atoms with Crippen molar-refractivity contribution < 1.29 is 14.6 Å². The van der Waals surface area contributed by atoms with Gasteiger partial charge in [-0.1, -0.05) is 11.6 Å². The summed E-state index contributed by atoms with van der Waals surface area (Å²) in [6, 6.07) is 6.06. The predicted octanol–water partition coefficient (Wildman–Crippen LogP) is 2.13. The maximum atomic E-state index is 12.9. The smallest absolute Gasteiger partial charge is 0.258 e. The highest BCUT2D eigenvalue weighted by atomic mass is 16.5. The van der Waals surface area contributed by atoms with Gasteiger partial charge in [0.15, 0.2) is 0 Å². The average molecular weight is 275 g/mol. The Kier molecular flexibility index (Phi) is 3.42. The van der Waals surface area contributed by atoms with Gasteiger partial charge in [0.1, 0.15) is 5.75 Å². The highest BCUT2D eigenvalue weighted by Gasteiger charge is 2.43. The summed E-state index contributed by atoms with van der Waals surface area (Å²) >= 11 is 0. The van der Waals surface area contributed by atoms with E-state index in [9.17, 15) is 9.90 Å². The summed E-state index contributed by atoms with van der Waals surface area (Å²) in [5, 5.41) is 9.84. The van der Waals surface area contributed by atoms with Crippen LogP contribution in [0.4, 0.5) is 0 Å². The quantitative estimate of drug-likeness (QED) is 0.899. The molecule has 1 amide bonds. The van der Waals surface area contributed by atoms with Crippen LogP contribution in [-0.4, -0.2) is 41.2 Å². The van der Waals surface area contributed by atoms with Gasteiger partial charge in [-0.2, -0.15) is 0 Å². The number of benzene rings is 1. The first-order chi connectivity index (χ1) is 9.60. The minimum Gasteiger partial charge on any atom is -0.496 e. The molecule has 2 aliphatic rings. The largest absolute Gasteiger partial charge is 0.496 e. The maximum absolute atomic E-state index is 12.9. The van der Waals surface area contributed by atoms with Gasteiger partial charge >= 0.3 is 0 Å². The van der Waals surface area contributed by atoms with Gasteiger partial charge in [-0.3, -0.25) is 4.79 Å². The van der Waals surface area contributed by atoms with E-state index < -0.39 is 0 Å². The van der Waals surface area contributed by atoms with Gasteiger partial charge in [-0.25, -0.2) is 0 Å². The molecule has 0 aromatic heterocycles. The molecule has 20 heavy (non-hydrogen) atoms. The molecule has 0 radical (unpaired) electrons. The summed E-state index contributed by atoms with van der Waals surface area (Å²) in [4.78, 5) is 14.8. The molecule has 1 aromatic carbocycles. The Morgan fingerprint density at radius 3 is 2.55 bits per heavy atom. The minimum atomic E-state index is -0.254. The molecule has 0 aliphatic carbocycles. The minimum absolute atomic E-state index is 0.0463. The molecule has 2 saturated heterocycles. The monoisotopic (exact) mass is 275 g/mol. The molecular weight excluding hydrogens is 254 g/mol. The average Bonchev–Trinajstić information content (AvgIpc) is 2.70. The van der Waals surface area contributed by atoms with Gasteiger partial charge in [-0.05, 0) is 44.7 Å². The summed E-state index contributed by atoms with van der Waals surface area (Å²) in [6.07, 6.45) is 3.16. The Morgan fingerprint density at radius 2 is 1.95 bits per heavy atom. The molecule has 2 fully saturated rings. The van der Waals surface area contributed by atoms with Gasteiger partial charge in [0.2, 0.25) is 0 Å². The molecule has 2 atom stereocenters. The number of hydrogen-bond donors (Lipinski definition) is 1. The fourth-order valence-electron chi connectivity index (χ4n) is 3.61. The van der Waals surface area contributed by atoms with Gasteiger partial charge < -0.3 is 14.7 Å². The fraction of sp³-hybridized carbons (Fsp3) is 0.562. The molecule has 0 spiro atoms. The van der Waals surface area contributed by atoms with Crippen molar-refractivity contribution in [2.75, 3.05) is 7.11 Å². The van der Waals surface area contributed by atoms with Crippen LogP contribution in [0.3, 0.4) is 0 Å². The first-order valence-corrected chi connectivity index (χ1v) is 7.25. The maximum Gasteiger partial charge on any atom is 0.258 e. The number of aliphatic hydroxyl groups excluding tert-OH is 1. The normalized spacial score (nSPS) is 28.6. The third kappa shape index (κ3) is 2.18. The Labute approximate surface area is 119 Å². The standard InChI is InChI=1S/C16H21NO3/c1-10-3-6-15(20-2)14(7-10)16(19)17-11-4-5-12(17)9-13(18)8-11/h3,6-7,11-13,18H,4-5,8-9H2,1-2H3. The molecular formula is C16H21NO3. The first kappa shape index (κ1) is 13.4. The van der Waals surface area contributed by atoms with Crippen LogP contribution < -0.4 is 4.74 Å². The van der Waals surface area contributed by atoms with Gasteiger partial charge in [0.05, 0.1) is 18.8 Å². The Balaban J connectivity index is 1.92. The topological polar surface area (TPSA) is 49.8 Å². The molecule has 3 rings (SSSR count). The summed E-state index contributed by atoms with van der Waals surface area (Å²) < 4.78 is 5.33. The Morgan fingerprint density at radius 1 is 1.30 bits per heavy atom. The number of nitrogens with zero attached hydrogens (tertiary/aromatic N) is 1. The van der Waals surface area contributed by atoms with E-state index in [2.05, 4.69) is 0 Å². The van der Waals surface area contributed by atoms with Crippen molar-refractivity contribution in [1.29, 1.82) is 0 Å². The lowest BCUT2D eigenvalue weighted by molar-refractivity contribution is 0.0285. The van der Waals surface area contributed by atoms with E-state index in [-0.39, 0.29) is 24.1 Å². The Hall–Kier alpha value is -1.55. The number of carbonyl (C=O) groups excluding carboxylic acids is 1. The second-order valence-corrected chi connectivity index (χ2v) is 5.93. The summed E-state index contributed by atoms with van der Waals surface area (Å²) in [5.74, 6) is 0.677. The van der Waals surface area contributed by atoms with Crippen LogP contribution in [-0.2, 0) is 0 Å². The van der Waals surface area contributed by atoms with Crippen molar-refractivity contribution in [2.24, 2.45) is 0 Å². The van der Waals surface area contributed by atoms with Crippen LogP contribution in [0.2, 0.25) is 0 Å². The van der Waals surface area contributed by atoms with Crippen molar-refractivity contribution in [2.45, 2.75) is 50.8 Å². The van der Waals surface area contributed by atoms with Crippen LogP contribution in [0.25, 0.3) is 0 Å². The third-order valence-corrected chi connectivity index (χ3v) is 4.53. The number of aryl methyl sites for hydroxylation is 1. The highest BCUT2D eigenvalue weighted by molar-refractivity contribution is 5.97. The summed E-state index contributed by atoms with van der Waals surface area (Å²) in [5.41, 5.74) is 1.69. The fourth-order valence-corrected chi connectivity index (χ4v) is 3.61. The number of rotatable bonds is 2. The van der Waals surface area contributed by atoms with E-state index >= 15 is 0 Å². The predicted molar refractivity (Wildman–Crippen MR) is 76.0 cm³/mol. The molecule has 4 heteroatoms. The second kappa shape index (κ2) is 5.09. The molecule has 0 saturated carbocycles. The van der Waals surface area contributed by atoms with E-state index in [0.717, 1.165) is 18.4 Å². The van der Waals surface area contributed by atoms with Crippen LogP contribution >= 0.6 is 0 Å². The molecule has 2 bridgehead atoms. The van der Waals surface area contributed by atoms with Crippen molar-refractivity contribution >= 4 is 5.91 Å². The molecule has 2 heterocycles.